The predicted octanol–water partition coefficient (Wildman–Crippen LogP) is 5.50. The van der Waals surface area contributed by atoms with Crippen molar-refractivity contribution >= 4 is 0 Å². The molecule has 0 spiro atoms. The van der Waals surface area contributed by atoms with E-state index in [0.717, 1.165) is 11.0 Å². The first-order valence-electron chi connectivity index (χ1n) is 10.1. The predicted molar refractivity (Wildman–Crippen MR) is 101 cm³/mol. The van der Waals surface area contributed by atoms with Crippen LogP contribution in [0.15, 0.2) is 0 Å². The minimum Gasteiger partial charge on any atom is -0.331 e. The van der Waals surface area contributed by atoms with Gasteiger partial charge in [-0.3, -0.25) is 0 Å². The van der Waals surface area contributed by atoms with Crippen LogP contribution in [0.4, 0.5) is 0 Å². The summed E-state index contributed by atoms with van der Waals surface area (Å²) in [5.74, 6) is 0. The summed E-state index contributed by atoms with van der Waals surface area (Å²) in [5, 5.41) is 0. The molecule has 0 fully saturated rings. The standard InChI is InChI=1S/C20H45N2/c1-22(2,3)20-18-16-14-12-10-8-6-4-5-7-9-11-13-15-17-19-21/h4-21H2,1-3H3/q+1. The average molecular weight is 314 g/mol. The number of quaternary nitrogens is 1. The van der Waals surface area contributed by atoms with Crippen molar-refractivity contribution in [3.05, 3.63) is 0 Å². The van der Waals surface area contributed by atoms with Crippen LogP contribution in [-0.2, 0) is 0 Å². The van der Waals surface area contributed by atoms with Crippen LogP contribution in [0.2, 0.25) is 0 Å². The zero-order valence-corrected chi connectivity index (χ0v) is 16.0. The molecule has 0 aliphatic heterocycles. The number of hydrogen-bond donors (Lipinski definition) is 1. The smallest absolute Gasteiger partial charge is 0.0780 e. The Morgan fingerprint density at radius 1 is 0.455 bits per heavy atom. The van der Waals surface area contributed by atoms with E-state index < -0.39 is 0 Å². The molecule has 0 saturated carbocycles. The van der Waals surface area contributed by atoms with Crippen molar-refractivity contribution < 1.29 is 4.48 Å². The third-order valence-electron chi connectivity index (χ3n) is 4.53. The highest BCUT2D eigenvalue weighted by atomic mass is 15.3. The Kier molecular flexibility index (Phi) is 15.7. The zero-order chi connectivity index (χ0) is 16.5. The quantitative estimate of drug-likeness (QED) is 0.278. The Bertz CT molecular complexity index is 208. The largest absolute Gasteiger partial charge is 0.331 e. The SMILES string of the molecule is C[N+](C)(C)CCCCCCCCCCCCCCCCCN. The van der Waals surface area contributed by atoms with Crippen LogP contribution in [0.5, 0.6) is 0 Å². The van der Waals surface area contributed by atoms with E-state index in [-0.39, 0.29) is 0 Å². The van der Waals surface area contributed by atoms with E-state index in [2.05, 4.69) is 21.1 Å². The average Bonchev–Trinajstić information content (AvgIpc) is 2.45. The summed E-state index contributed by atoms with van der Waals surface area (Å²) in [5.41, 5.74) is 5.50. The maximum absolute atomic E-state index is 5.50. The van der Waals surface area contributed by atoms with Gasteiger partial charge in [0.15, 0.2) is 0 Å². The van der Waals surface area contributed by atoms with Gasteiger partial charge in [-0.1, -0.05) is 77.0 Å². The Morgan fingerprint density at radius 3 is 1.00 bits per heavy atom. The lowest BCUT2D eigenvalue weighted by Gasteiger charge is -2.23. The molecule has 2 N–H and O–H groups in total. The minimum absolute atomic E-state index is 0.871. The van der Waals surface area contributed by atoms with Gasteiger partial charge in [0.25, 0.3) is 0 Å². The van der Waals surface area contributed by atoms with Crippen molar-refractivity contribution in [2.24, 2.45) is 5.73 Å². The highest BCUT2D eigenvalue weighted by molar-refractivity contribution is 4.50. The lowest BCUT2D eigenvalue weighted by atomic mass is 10.0. The lowest BCUT2D eigenvalue weighted by Crippen LogP contribution is -2.35. The molecule has 0 unspecified atom stereocenters. The molecule has 0 radical (unpaired) electrons. The van der Waals surface area contributed by atoms with Crippen LogP contribution < -0.4 is 5.73 Å². The third-order valence-corrected chi connectivity index (χ3v) is 4.53. The molecule has 0 aliphatic rings. The number of rotatable bonds is 17. The fourth-order valence-corrected chi connectivity index (χ4v) is 3.03. The molecule has 22 heavy (non-hydrogen) atoms. The molecule has 0 aromatic carbocycles. The van der Waals surface area contributed by atoms with Crippen molar-refractivity contribution in [3.8, 4) is 0 Å². The monoisotopic (exact) mass is 313 g/mol. The molecule has 2 nitrogen and oxygen atoms in total. The van der Waals surface area contributed by atoms with E-state index in [1.165, 1.54) is 103 Å². The second-order valence-electron chi connectivity index (χ2n) is 8.11. The first kappa shape index (κ1) is 21.9. The fourth-order valence-electron chi connectivity index (χ4n) is 3.03. The first-order chi connectivity index (χ1) is 10.6. The van der Waals surface area contributed by atoms with Crippen LogP contribution in [0, 0.1) is 0 Å². The van der Waals surface area contributed by atoms with Crippen molar-refractivity contribution in [3.63, 3.8) is 0 Å². The van der Waals surface area contributed by atoms with Gasteiger partial charge in [0.1, 0.15) is 0 Å². The molecule has 0 aromatic heterocycles. The molecule has 0 atom stereocenters. The molecule has 2 heteroatoms. The van der Waals surface area contributed by atoms with E-state index in [0.29, 0.717) is 0 Å². The molecule has 0 saturated heterocycles. The van der Waals surface area contributed by atoms with Gasteiger partial charge in [-0.05, 0) is 25.8 Å². The highest BCUT2D eigenvalue weighted by Crippen LogP contribution is 2.13. The van der Waals surface area contributed by atoms with Gasteiger partial charge >= 0.3 is 0 Å². The summed E-state index contributed by atoms with van der Waals surface area (Å²) in [6.45, 7) is 2.20. The van der Waals surface area contributed by atoms with Gasteiger partial charge < -0.3 is 10.2 Å². The Morgan fingerprint density at radius 2 is 0.727 bits per heavy atom. The second-order valence-corrected chi connectivity index (χ2v) is 8.11. The van der Waals surface area contributed by atoms with E-state index in [9.17, 15) is 0 Å². The maximum Gasteiger partial charge on any atom is 0.0780 e. The molecule has 0 aromatic rings. The van der Waals surface area contributed by atoms with Crippen molar-refractivity contribution in [2.75, 3.05) is 34.2 Å². The molecule has 0 rings (SSSR count). The minimum atomic E-state index is 0.871. The van der Waals surface area contributed by atoms with E-state index in [1.807, 2.05) is 0 Å². The molecule has 0 aliphatic carbocycles. The number of hydrogen-bond acceptors (Lipinski definition) is 1. The van der Waals surface area contributed by atoms with E-state index >= 15 is 0 Å². The van der Waals surface area contributed by atoms with Crippen LogP contribution in [0.1, 0.15) is 96.3 Å². The van der Waals surface area contributed by atoms with Gasteiger partial charge in [0.2, 0.25) is 0 Å². The van der Waals surface area contributed by atoms with E-state index in [1.54, 1.807) is 0 Å². The molecular formula is C20H45N2+. The summed E-state index contributed by atoms with van der Waals surface area (Å²) in [7, 11) is 6.88. The van der Waals surface area contributed by atoms with Gasteiger partial charge in [-0.15, -0.1) is 0 Å². The summed E-state index contributed by atoms with van der Waals surface area (Å²) in [6.07, 6.45) is 21.3. The maximum atomic E-state index is 5.50. The lowest BCUT2D eigenvalue weighted by molar-refractivity contribution is -0.870. The Labute approximate surface area is 141 Å². The highest BCUT2D eigenvalue weighted by Gasteiger charge is 2.04. The summed E-state index contributed by atoms with van der Waals surface area (Å²) < 4.78 is 1.12. The van der Waals surface area contributed by atoms with Crippen LogP contribution >= 0.6 is 0 Å². The second kappa shape index (κ2) is 15.8. The van der Waals surface area contributed by atoms with Gasteiger partial charge in [0, 0.05) is 0 Å². The summed E-state index contributed by atoms with van der Waals surface area (Å²) in [6, 6.07) is 0. The van der Waals surface area contributed by atoms with Gasteiger partial charge in [0.05, 0.1) is 27.7 Å². The topological polar surface area (TPSA) is 26.0 Å². The zero-order valence-electron chi connectivity index (χ0n) is 16.0. The Hall–Kier alpha value is -0.0800. The van der Waals surface area contributed by atoms with Gasteiger partial charge in [-0.2, -0.15) is 0 Å². The molecule has 0 heterocycles. The third kappa shape index (κ3) is 19.9. The van der Waals surface area contributed by atoms with Crippen LogP contribution in [0.25, 0.3) is 0 Å². The number of unbranched alkanes of at least 4 members (excludes halogenated alkanes) is 14. The van der Waals surface area contributed by atoms with E-state index in [4.69, 9.17) is 5.73 Å². The first-order valence-corrected chi connectivity index (χ1v) is 10.1. The normalized spacial score (nSPS) is 12.0. The number of nitrogens with two attached hydrogens (primary N) is 1. The molecule has 0 amide bonds. The van der Waals surface area contributed by atoms with Crippen molar-refractivity contribution in [1.29, 1.82) is 0 Å². The van der Waals surface area contributed by atoms with Crippen LogP contribution in [-0.4, -0.2) is 38.7 Å². The summed E-state index contributed by atoms with van der Waals surface area (Å²) in [4.78, 5) is 0. The summed E-state index contributed by atoms with van der Waals surface area (Å²) >= 11 is 0. The fraction of sp³-hybridized carbons (Fsp3) is 1.00. The number of nitrogens with zero attached hydrogens (tertiary/aromatic N) is 1. The molecule has 0 bridgehead atoms. The molecule has 134 valence electrons. The van der Waals surface area contributed by atoms with Gasteiger partial charge in [-0.25, -0.2) is 0 Å². The molecular weight excluding hydrogens is 268 g/mol. The van der Waals surface area contributed by atoms with Crippen LogP contribution in [0.3, 0.4) is 0 Å². The van der Waals surface area contributed by atoms with Crippen molar-refractivity contribution in [2.45, 2.75) is 96.3 Å². The Balaban J connectivity index is 3.00. The van der Waals surface area contributed by atoms with Crippen molar-refractivity contribution in [1.82, 2.24) is 0 Å².